The van der Waals surface area contributed by atoms with Crippen LogP contribution in [0, 0.1) is 0 Å². The molecular weight excluding hydrogens is 674 g/mol. The Balaban J connectivity index is 0.971. The van der Waals surface area contributed by atoms with E-state index in [-0.39, 0.29) is 17.6 Å². The van der Waals surface area contributed by atoms with Crippen LogP contribution in [0.3, 0.4) is 0 Å². The Hall–Kier alpha value is -5.70. The van der Waals surface area contributed by atoms with Gasteiger partial charge in [-0.15, -0.1) is 0 Å². The molecule has 0 saturated carbocycles. The number of imidazole rings is 1. The van der Waals surface area contributed by atoms with Crippen molar-refractivity contribution in [2.45, 2.75) is 31.1 Å². The van der Waals surface area contributed by atoms with Crippen molar-refractivity contribution in [1.82, 2.24) is 34.7 Å². The van der Waals surface area contributed by atoms with Crippen molar-refractivity contribution >= 4 is 29.0 Å². The Kier molecular flexibility index (Phi) is 10.1. The fraction of sp³-hybridized carbons (Fsp3) is 0.333. The third-order valence-electron chi connectivity index (χ3n) is 10.1. The summed E-state index contributed by atoms with van der Waals surface area (Å²) in [4.78, 5) is 53.7. The zero-order valence-corrected chi connectivity index (χ0v) is 29.2. The zero-order chi connectivity index (χ0) is 36.1. The van der Waals surface area contributed by atoms with Crippen LogP contribution in [0.15, 0.2) is 91.5 Å². The number of rotatable bonds is 11. The number of aliphatic hydroxyl groups excluding tert-OH is 1. The van der Waals surface area contributed by atoms with E-state index in [2.05, 4.69) is 52.2 Å². The van der Waals surface area contributed by atoms with Gasteiger partial charge < -0.3 is 34.7 Å². The van der Waals surface area contributed by atoms with E-state index in [0.717, 1.165) is 45.1 Å². The number of hydrogen-bond acceptors (Lipinski definition) is 12. The van der Waals surface area contributed by atoms with E-state index in [1.165, 1.54) is 12.0 Å². The number of carbonyl (C=O) groups excluding carboxylic acids is 2. The number of Topliss-reactive ketones (excluding diaryl/α,β-unsaturated/α-hetero) is 1. The van der Waals surface area contributed by atoms with E-state index in [1.807, 2.05) is 18.2 Å². The number of aliphatic hydroxyl groups is 1. The number of aromatic nitrogens is 5. The molecule has 3 N–H and O–H groups in total. The minimum atomic E-state index is -1.40. The van der Waals surface area contributed by atoms with Gasteiger partial charge in [-0.3, -0.25) is 14.5 Å². The second-order valence-corrected chi connectivity index (χ2v) is 13.5. The standard InChI is InChI=1S/C39H41N9O5/c49-34(26-4-2-1-3-5-26)35(50)32-22-27(6-11-33(32)53-31-12-16-48(17-13-31)38(51)37-40-14-15-41-37)36-42-25-43-39(45-36)44-28-7-9-29(10-8-28)46-18-20-47(21-19-46)30-23-52-24-30/h1-11,14-15,22,25,30-31,34,49H,12-13,16-21,23-24H2,(H,40,41)(H,42,43,44,45). The first-order valence-corrected chi connectivity index (χ1v) is 18.0. The number of amides is 1. The Bertz CT molecular complexity index is 2010. The highest BCUT2D eigenvalue weighted by atomic mass is 16.5. The van der Waals surface area contributed by atoms with Gasteiger partial charge in [0.2, 0.25) is 5.95 Å². The Morgan fingerprint density at radius 2 is 1.68 bits per heavy atom. The normalized spacial score (nSPS) is 17.6. The maximum atomic E-state index is 13.9. The van der Waals surface area contributed by atoms with Crippen molar-refractivity contribution in [2.24, 2.45) is 0 Å². The van der Waals surface area contributed by atoms with E-state index >= 15 is 0 Å². The Morgan fingerprint density at radius 3 is 2.38 bits per heavy atom. The average molecular weight is 716 g/mol. The molecule has 3 aliphatic heterocycles. The van der Waals surface area contributed by atoms with Crippen molar-refractivity contribution in [1.29, 1.82) is 0 Å². The fourth-order valence-corrected chi connectivity index (χ4v) is 6.95. The van der Waals surface area contributed by atoms with Crippen LogP contribution < -0.4 is 15.0 Å². The van der Waals surface area contributed by atoms with Crippen molar-refractivity contribution in [3.8, 4) is 17.1 Å². The molecule has 2 aromatic heterocycles. The summed E-state index contributed by atoms with van der Waals surface area (Å²) in [5.41, 5.74) is 3.25. The van der Waals surface area contributed by atoms with Gasteiger partial charge in [0.15, 0.2) is 17.4 Å². The second kappa shape index (κ2) is 15.5. The molecule has 0 bridgehead atoms. The molecule has 1 amide bonds. The lowest BCUT2D eigenvalue weighted by Crippen LogP contribution is -2.56. The van der Waals surface area contributed by atoms with Gasteiger partial charge in [0.25, 0.3) is 5.91 Å². The van der Waals surface area contributed by atoms with Crippen molar-refractivity contribution in [3.05, 3.63) is 108 Å². The van der Waals surface area contributed by atoms with Crippen LogP contribution in [-0.4, -0.2) is 116 Å². The second-order valence-electron chi connectivity index (χ2n) is 13.5. The number of aromatic amines is 1. The lowest BCUT2D eigenvalue weighted by molar-refractivity contribution is -0.0660. The summed E-state index contributed by atoms with van der Waals surface area (Å²) in [5, 5.41) is 14.4. The maximum Gasteiger partial charge on any atom is 0.289 e. The molecule has 0 aliphatic carbocycles. The molecule has 14 heteroatoms. The number of ketones is 1. The molecule has 0 spiro atoms. The predicted octanol–water partition coefficient (Wildman–Crippen LogP) is 4.13. The quantitative estimate of drug-likeness (QED) is 0.168. The Labute approximate surface area is 306 Å². The third kappa shape index (κ3) is 7.75. The molecule has 3 saturated heterocycles. The first-order valence-electron chi connectivity index (χ1n) is 18.0. The zero-order valence-electron chi connectivity index (χ0n) is 29.2. The molecular formula is C39H41N9O5. The minimum absolute atomic E-state index is 0.160. The molecule has 0 radical (unpaired) electrons. The molecule has 5 heterocycles. The summed E-state index contributed by atoms with van der Waals surface area (Å²) < 4.78 is 11.8. The number of likely N-dealkylation sites (tertiary alicyclic amines) is 1. The lowest BCUT2D eigenvalue weighted by Gasteiger charge is -2.43. The molecule has 8 rings (SSSR count). The van der Waals surface area contributed by atoms with Crippen LogP contribution in [0.4, 0.5) is 17.3 Å². The van der Waals surface area contributed by atoms with Gasteiger partial charge in [0.1, 0.15) is 24.3 Å². The number of H-pyrrole nitrogens is 1. The summed E-state index contributed by atoms with van der Waals surface area (Å²) in [6, 6.07) is 22.7. The molecule has 5 aromatic rings. The molecule has 3 aliphatic rings. The van der Waals surface area contributed by atoms with Gasteiger partial charge in [0, 0.05) is 81.4 Å². The summed E-state index contributed by atoms with van der Waals surface area (Å²) in [5.74, 6) is 0.686. The van der Waals surface area contributed by atoms with Gasteiger partial charge >= 0.3 is 0 Å². The summed E-state index contributed by atoms with van der Waals surface area (Å²) >= 11 is 0. The highest BCUT2D eigenvalue weighted by Gasteiger charge is 2.30. The van der Waals surface area contributed by atoms with Gasteiger partial charge in [-0.25, -0.2) is 15.0 Å². The molecule has 3 fully saturated rings. The highest BCUT2D eigenvalue weighted by Crippen LogP contribution is 2.32. The summed E-state index contributed by atoms with van der Waals surface area (Å²) in [6.07, 6.45) is 4.09. The minimum Gasteiger partial charge on any atom is -0.490 e. The molecule has 1 atom stereocenters. The van der Waals surface area contributed by atoms with Crippen LogP contribution in [0.2, 0.25) is 0 Å². The van der Waals surface area contributed by atoms with E-state index in [9.17, 15) is 14.7 Å². The van der Waals surface area contributed by atoms with E-state index in [1.54, 1.807) is 59.8 Å². The Morgan fingerprint density at radius 1 is 0.906 bits per heavy atom. The number of anilines is 3. The molecule has 3 aromatic carbocycles. The van der Waals surface area contributed by atoms with Crippen LogP contribution in [-0.2, 0) is 4.74 Å². The van der Waals surface area contributed by atoms with E-state index in [4.69, 9.17) is 9.47 Å². The van der Waals surface area contributed by atoms with Gasteiger partial charge in [-0.1, -0.05) is 30.3 Å². The molecule has 14 nitrogen and oxygen atoms in total. The van der Waals surface area contributed by atoms with Crippen LogP contribution in [0.5, 0.6) is 5.75 Å². The summed E-state index contributed by atoms with van der Waals surface area (Å²) in [7, 11) is 0. The van der Waals surface area contributed by atoms with E-state index < -0.39 is 11.9 Å². The lowest BCUT2D eigenvalue weighted by atomic mass is 9.97. The number of ether oxygens (including phenoxy) is 2. The third-order valence-corrected chi connectivity index (χ3v) is 10.1. The number of hydrogen-bond donors (Lipinski definition) is 3. The van der Waals surface area contributed by atoms with Crippen molar-refractivity contribution < 1.29 is 24.2 Å². The predicted molar refractivity (Wildman–Crippen MR) is 197 cm³/mol. The number of piperidine rings is 1. The number of carbonyl (C=O) groups is 2. The molecule has 53 heavy (non-hydrogen) atoms. The van der Waals surface area contributed by atoms with Crippen LogP contribution in [0.1, 0.15) is 45.5 Å². The van der Waals surface area contributed by atoms with Crippen molar-refractivity contribution in [2.75, 3.05) is 62.7 Å². The van der Waals surface area contributed by atoms with Gasteiger partial charge in [-0.05, 0) is 48.0 Å². The maximum absolute atomic E-state index is 13.9. The first-order chi connectivity index (χ1) is 26.0. The van der Waals surface area contributed by atoms with Gasteiger partial charge in [-0.2, -0.15) is 4.98 Å². The van der Waals surface area contributed by atoms with Crippen LogP contribution in [0.25, 0.3) is 11.4 Å². The SMILES string of the molecule is O=C(c1cc(-c2ncnc(Nc3ccc(N4CCN(C5COC5)CC4)cc3)n2)ccc1OC1CCN(C(=O)c2ncc[nH]2)CC1)C(O)c1ccccc1. The first kappa shape index (κ1) is 34.4. The summed E-state index contributed by atoms with van der Waals surface area (Å²) in [6.45, 7) is 6.66. The van der Waals surface area contributed by atoms with Crippen molar-refractivity contribution in [3.63, 3.8) is 0 Å². The number of nitrogens with one attached hydrogen (secondary N) is 2. The van der Waals surface area contributed by atoms with E-state index in [0.29, 0.717) is 66.4 Å². The number of benzene rings is 3. The monoisotopic (exact) mass is 715 g/mol. The highest BCUT2D eigenvalue weighted by molar-refractivity contribution is 6.03. The van der Waals surface area contributed by atoms with Crippen LogP contribution >= 0.6 is 0 Å². The average Bonchev–Trinajstić information content (AvgIpc) is 3.74. The number of piperazine rings is 1. The number of nitrogens with zero attached hydrogens (tertiary/aromatic N) is 7. The molecule has 1 unspecified atom stereocenters. The van der Waals surface area contributed by atoms with Gasteiger partial charge in [0.05, 0.1) is 24.8 Å². The topological polar surface area (TPSA) is 162 Å². The molecule has 272 valence electrons. The largest absolute Gasteiger partial charge is 0.490 e. The fourth-order valence-electron chi connectivity index (χ4n) is 6.95. The smallest absolute Gasteiger partial charge is 0.289 e.